The quantitative estimate of drug-likeness (QED) is 0.873. The number of nitrogens with one attached hydrogen (secondary N) is 1. The Labute approximate surface area is 136 Å². The average molecular weight is 327 g/mol. The maximum absolute atomic E-state index is 12.8. The van der Waals surface area contributed by atoms with Gasteiger partial charge in [-0.05, 0) is 38.9 Å². The smallest absolute Gasteiger partial charge is 0.254 e. The zero-order chi connectivity index (χ0) is 16.1. The fourth-order valence-corrected chi connectivity index (χ4v) is 3.11. The molecule has 1 aliphatic heterocycles. The normalized spacial score (nSPS) is 17.6. The van der Waals surface area contributed by atoms with E-state index in [-0.39, 0.29) is 11.9 Å². The first-order chi connectivity index (χ1) is 10.6. The van der Waals surface area contributed by atoms with Crippen molar-refractivity contribution in [2.45, 2.75) is 25.8 Å². The molecule has 6 heteroatoms. The number of likely N-dealkylation sites (tertiary alicyclic amines) is 1. The molecular weight excluding hydrogens is 304 g/mol. The summed E-state index contributed by atoms with van der Waals surface area (Å²) in [5.74, 6) is 0.958. The molecule has 0 aliphatic carbocycles. The van der Waals surface area contributed by atoms with Crippen LogP contribution in [0.25, 0.3) is 0 Å². The summed E-state index contributed by atoms with van der Waals surface area (Å²) in [6.07, 6.45) is 2.05. The van der Waals surface area contributed by atoms with Gasteiger partial charge in [-0.25, -0.2) is 0 Å². The first-order valence-corrected chi connectivity index (χ1v) is 7.96. The van der Waals surface area contributed by atoms with Gasteiger partial charge in [-0.3, -0.25) is 4.79 Å². The molecule has 1 aliphatic rings. The summed E-state index contributed by atoms with van der Waals surface area (Å²) in [6.45, 7) is 3.94. The minimum Gasteiger partial charge on any atom is -0.493 e. The molecule has 0 saturated carbocycles. The molecule has 0 radical (unpaired) electrons. The van der Waals surface area contributed by atoms with Gasteiger partial charge in [-0.2, -0.15) is 0 Å². The number of hydrogen-bond acceptors (Lipinski definition) is 4. The summed E-state index contributed by atoms with van der Waals surface area (Å²) in [5.41, 5.74) is 0.535. The zero-order valence-electron chi connectivity index (χ0n) is 13.3. The standard InChI is InChI=1S/C16H23ClN2O3/c1-4-22-15-13(17)8-11(9-14(15)21-3)16(20)19-7-5-6-12(19)10-18-2/h8-9,12,18H,4-7,10H2,1-3H3. The Kier molecular flexibility index (Phi) is 5.91. The number of carbonyl (C=O) groups excluding carboxylic acids is 1. The van der Waals surface area contributed by atoms with E-state index in [9.17, 15) is 4.79 Å². The number of hydrogen-bond donors (Lipinski definition) is 1. The monoisotopic (exact) mass is 326 g/mol. The number of rotatable bonds is 6. The Morgan fingerprint density at radius 1 is 1.50 bits per heavy atom. The maximum Gasteiger partial charge on any atom is 0.254 e. The second-order valence-corrected chi connectivity index (χ2v) is 5.68. The van der Waals surface area contributed by atoms with Crippen LogP contribution in [-0.2, 0) is 0 Å². The van der Waals surface area contributed by atoms with Crippen molar-refractivity contribution < 1.29 is 14.3 Å². The van der Waals surface area contributed by atoms with Gasteiger partial charge in [0.25, 0.3) is 5.91 Å². The summed E-state index contributed by atoms with van der Waals surface area (Å²) in [4.78, 5) is 14.7. The van der Waals surface area contributed by atoms with Crippen LogP contribution in [0.2, 0.25) is 5.02 Å². The molecule has 2 rings (SSSR count). The third-order valence-electron chi connectivity index (χ3n) is 3.84. The largest absolute Gasteiger partial charge is 0.493 e. The van der Waals surface area contributed by atoms with E-state index in [1.165, 1.54) is 0 Å². The molecule has 0 aromatic heterocycles. The summed E-state index contributed by atoms with van der Waals surface area (Å²) in [7, 11) is 3.44. The van der Waals surface area contributed by atoms with Crippen molar-refractivity contribution in [1.82, 2.24) is 10.2 Å². The van der Waals surface area contributed by atoms with E-state index in [2.05, 4.69) is 5.32 Å². The highest BCUT2D eigenvalue weighted by molar-refractivity contribution is 6.32. The summed E-state index contributed by atoms with van der Waals surface area (Å²) >= 11 is 6.25. The third-order valence-corrected chi connectivity index (χ3v) is 4.12. The highest BCUT2D eigenvalue weighted by Gasteiger charge is 2.29. The number of methoxy groups -OCH3 is 1. The van der Waals surface area contributed by atoms with Crippen LogP contribution in [-0.4, -0.2) is 50.7 Å². The van der Waals surface area contributed by atoms with E-state index in [4.69, 9.17) is 21.1 Å². The van der Waals surface area contributed by atoms with Crippen LogP contribution in [0.5, 0.6) is 11.5 Å². The molecule has 5 nitrogen and oxygen atoms in total. The minimum atomic E-state index is -0.0130. The molecule has 1 atom stereocenters. The molecule has 1 amide bonds. The zero-order valence-corrected chi connectivity index (χ0v) is 14.1. The lowest BCUT2D eigenvalue weighted by atomic mass is 10.1. The van der Waals surface area contributed by atoms with Gasteiger partial charge in [0, 0.05) is 24.7 Å². The van der Waals surface area contributed by atoms with E-state index in [1.807, 2.05) is 18.9 Å². The molecule has 122 valence electrons. The van der Waals surface area contributed by atoms with Crippen molar-refractivity contribution in [3.05, 3.63) is 22.7 Å². The lowest BCUT2D eigenvalue weighted by Crippen LogP contribution is -2.40. The number of amides is 1. The summed E-state index contributed by atoms with van der Waals surface area (Å²) in [5, 5.41) is 3.54. The van der Waals surface area contributed by atoms with Crippen LogP contribution < -0.4 is 14.8 Å². The van der Waals surface area contributed by atoms with Gasteiger partial charge in [0.1, 0.15) is 0 Å². The number of halogens is 1. The lowest BCUT2D eigenvalue weighted by Gasteiger charge is -2.25. The van der Waals surface area contributed by atoms with Gasteiger partial charge in [-0.1, -0.05) is 11.6 Å². The Morgan fingerprint density at radius 2 is 2.27 bits per heavy atom. The second kappa shape index (κ2) is 7.70. The molecule has 1 fully saturated rings. The van der Waals surface area contributed by atoms with Crippen LogP contribution >= 0.6 is 11.6 Å². The van der Waals surface area contributed by atoms with Gasteiger partial charge >= 0.3 is 0 Å². The predicted molar refractivity (Wildman–Crippen MR) is 87.2 cm³/mol. The molecule has 1 saturated heterocycles. The molecule has 1 aromatic carbocycles. The molecule has 1 unspecified atom stereocenters. The van der Waals surface area contributed by atoms with Gasteiger partial charge in [0.15, 0.2) is 11.5 Å². The molecule has 1 N–H and O–H groups in total. The van der Waals surface area contributed by atoms with Crippen LogP contribution in [0.15, 0.2) is 12.1 Å². The fourth-order valence-electron chi connectivity index (χ4n) is 2.84. The molecule has 0 bridgehead atoms. The van der Waals surface area contributed by atoms with Crippen molar-refractivity contribution in [2.75, 3.05) is 33.9 Å². The van der Waals surface area contributed by atoms with Gasteiger partial charge in [-0.15, -0.1) is 0 Å². The minimum absolute atomic E-state index is 0.0130. The van der Waals surface area contributed by atoms with Gasteiger partial charge in [0.2, 0.25) is 0 Å². The van der Waals surface area contributed by atoms with E-state index < -0.39 is 0 Å². The number of ether oxygens (including phenoxy) is 2. The highest BCUT2D eigenvalue weighted by Crippen LogP contribution is 2.37. The number of carbonyl (C=O) groups is 1. The SMILES string of the molecule is CCOc1c(Cl)cc(C(=O)N2CCCC2CNC)cc1OC. The third kappa shape index (κ3) is 3.47. The van der Waals surface area contributed by atoms with Crippen molar-refractivity contribution in [2.24, 2.45) is 0 Å². The first kappa shape index (κ1) is 16.9. The van der Waals surface area contributed by atoms with Crippen molar-refractivity contribution in [1.29, 1.82) is 0 Å². The Hall–Kier alpha value is -1.46. The Balaban J connectivity index is 2.28. The van der Waals surface area contributed by atoms with E-state index in [0.29, 0.717) is 28.7 Å². The lowest BCUT2D eigenvalue weighted by molar-refractivity contribution is 0.0736. The number of nitrogens with zero attached hydrogens (tertiary/aromatic N) is 1. The Morgan fingerprint density at radius 3 is 2.91 bits per heavy atom. The van der Waals surface area contributed by atoms with Gasteiger partial charge in [0.05, 0.1) is 18.7 Å². The second-order valence-electron chi connectivity index (χ2n) is 5.27. The molecule has 0 spiro atoms. The van der Waals surface area contributed by atoms with Crippen molar-refractivity contribution in [3.8, 4) is 11.5 Å². The predicted octanol–water partition coefficient (Wildman–Crippen LogP) is 2.57. The highest BCUT2D eigenvalue weighted by atomic mass is 35.5. The maximum atomic E-state index is 12.8. The molecule has 22 heavy (non-hydrogen) atoms. The number of benzene rings is 1. The van der Waals surface area contributed by atoms with Crippen LogP contribution in [0.1, 0.15) is 30.1 Å². The van der Waals surface area contributed by atoms with Gasteiger partial charge < -0.3 is 19.7 Å². The Bertz CT molecular complexity index is 536. The van der Waals surface area contributed by atoms with Crippen LogP contribution in [0, 0.1) is 0 Å². The van der Waals surface area contributed by atoms with E-state index in [0.717, 1.165) is 25.9 Å². The first-order valence-electron chi connectivity index (χ1n) is 7.58. The number of likely N-dealkylation sites (N-methyl/N-ethyl adjacent to an activating group) is 1. The average Bonchev–Trinajstić information content (AvgIpc) is 2.97. The van der Waals surface area contributed by atoms with Crippen LogP contribution in [0.3, 0.4) is 0 Å². The van der Waals surface area contributed by atoms with Crippen molar-refractivity contribution in [3.63, 3.8) is 0 Å². The summed E-state index contributed by atoms with van der Waals surface area (Å²) in [6, 6.07) is 3.59. The fraction of sp³-hybridized carbons (Fsp3) is 0.562. The van der Waals surface area contributed by atoms with Crippen molar-refractivity contribution >= 4 is 17.5 Å². The molecule has 1 aromatic rings. The van der Waals surface area contributed by atoms with E-state index >= 15 is 0 Å². The topological polar surface area (TPSA) is 50.8 Å². The molecule has 1 heterocycles. The summed E-state index contributed by atoms with van der Waals surface area (Å²) < 4.78 is 10.8. The van der Waals surface area contributed by atoms with Crippen LogP contribution in [0.4, 0.5) is 0 Å². The molecular formula is C16H23ClN2O3. The van der Waals surface area contributed by atoms with E-state index in [1.54, 1.807) is 19.2 Å².